The second-order valence-electron chi connectivity index (χ2n) is 6.07. The minimum absolute atomic E-state index is 0.0372. The zero-order valence-corrected chi connectivity index (χ0v) is 16.6. The van der Waals surface area contributed by atoms with Gasteiger partial charge in [-0.05, 0) is 29.4 Å². The van der Waals surface area contributed by atoms with Crippen LogP contribution in [0.4, 0.5) is 0 Å². The zero-order valence-electron chi connectivity index (χ0n) is 15.7. The second-order valence-corrected chi connectivity index (χ2v) is 6.45. The van der Waals surface area contributed by atoms with Crippen molar-refractivity contribution in [3.05, 3.63) is 89.6 Å². The predicted molar refractivity (Wildman–Crippen MR) is 116 cm³/mol. The molecule has 0 bridgehead atoms. The molecule has 1 N–H and O–H groups in total. The van der Waals surface area contributed by atoms with Crippen molar-refractivity contribution in [2.45, 2.75) is 6.54 Å². The highest BCUT2D eigenvalue weighted by Gasteiger charge is 2.32. The quantitative estimate of drug-likeness (QED) is 0.468. The maximum absolute atomic E-state index is 12.8. The summed E-state index contributed by atoms with van der Waals surface area (Å²) in [6.07, 6.45) is 4.46. The molecule has 0 fully saturated rings. The number of carbonyl (C=O) groups excluding carboxylic acids is 2. The number of benzene rings is 2. The number of allylic oxidation sites excluding steroid dienone is 2. The summed E-state index contributed by atoms with van der Waals surface area (Å²) in [5, 5.41) is 8.82. The molecule has 146 valence electrons. The minimum Gasteiger partial charge on any atom is -0.466 e. The fourth-order valence-electron chi connectivity index (χ4n) is 2.58. The lowest BCUT2D eigenvalue weighted by molar-refractivity contribution is -0.135. The standard InChI is InChI=1S/C22H19N3O3S/c1-28-20(26)14-19-21(27)18(13-12-16-8-4-2-5-9-16)24-25(19)22(29)23-15-17-10-6-3-7-11-17/h2-14H,15H2,1H3,(H,23,29)/b13-12+,19-14+. The van der Waals surface area contributed by atoms with Crippen molar-refractivity contribution in [2.75, 3.05) is 7.11 Å². The Balaban J connectivity index is 1.82. The van der Waals surface area contributed by atoms with Crippen LogP contribution in [0.5, 0.6) is 0 Å². The molecule has 0 aliphatic carbocycles. The molecule has 0 atom stereocenters. The van der Waals surface area contributed by atoms with Gasteiger partial charge < -0.3 is 10.1 Å². The Morgan fingerprint density at radius 1 is 1.10 bits per heavy atom. The highest BCUT2D eigenvalue weighted by molar-refractivity contribution is 7.80. The van der Waals surface area contributed by atoms with Gasteiger partial charge in [-0.3, -0.25) is 4.79 Å². The van der Waals surface area contributed by atoms with Gasteiger partial charge in [0.2, 0.25) is 5.78 Å². The Kier molecular flexibility index (Phi) is 6.65. The van der Waals surface area contributed by atoms with Crippen molar-refractivity contribution < 1.29 is 14.3 Å². The predicted octanol–water partition coefficient (Wildman–Crippen LogP) is 3.07. The first-order valence-electron chi connectivity index (χ1n) is 8.86. The van der Waals surface area contributed by atoms with E-state index in [-0.39, 0.29) is 16.5 Å². The smallest absolute Gasteiger partial charge is 0.332 e. The lowest BCUT2D eigenvalue weighted by Gasteiger charge is -2.17. The third-order valence-corrected chi connectivity index (χ3v) is 4.39. The van der Waals surface area contributed by atoms with Crippen LogP contribution in [0.3, 0.4) is 0 Å². The number of thiocarbonyl (C=S) groups is 1. The number of nitrogens with zero attached hydrogens (tertiary/aromatic N) is 2. The molecule has 0 aromatic heterocycles. The van der Waals surface area contributed by atoms with Crippen molar-refractivity contribution in [2.24, 2.45) is 5.10 Å². The molecule has 1 aliphatic heterocycles. The van der Waals surface area contributed by atoms with Gasteiger partial charge in [0.05, 0.1) is 13.2 Å². The fourth-order valence-corrected chi connectivity index (χ4v) is 2.79. The Morgan fingerprint density at radius 3 is 2.41 bits per heavy atom. The maximum Gasteiger partial charge on any atom is 0.332 e. The highest BCUT2D eigenvalue weighted by atomic mass is 32.1. The van der Waals surface area contributed by atoms with Crippen LogP contribution < -0.4 is 5.32 Å². The van der Waals surface area contributed by atoms with Gasteiger partial charge in [-0.25, -0.2) is 9.80 Å². The summed E-state index contributed by atoms with van der Waals surface area (Å²) in [6, 6.07) is 19.2. The number of esters is 1. The van der Waals surface area contributed by atoms with Gasteiger partial charge in [-0.2, -0.15) is 5.10 Å². The molecule has 0 saturated carbocycles. The van der Waals surface area contributed by atoms with Crippen LogP contribution >= 0.6 is 12.2 Å². The van der Waals surface area contributed by atoms with Crippen molar-refractivity contribution >= 4 is 40.9 Å². The van der Waals surface area contributed by atoms with Crippen molar-refractivity contribution in [3.8, 4) is 0 Å². The number of rotatable bonds is 5. The molecule has 1 aliphatic rings. The number of hydrogen-bond donors (Lipinski definition) is 1. The van der Waals surface area contributed by atoms with E-state index < -0.39 is 11.8 Å². The van der Waals surface area contributed by atoms with Crippen LogP contribution in [0.25, 0.3) is 6.08 Å². The molecule has 7 heteroatoms. The van der Waals surface area contributed by atoms with E-state index in [0.29, 0.717) is 6.54 Å². The van der Waals surface area contributed by atoms with Crippen LogP contribution in [0, 0.1) is 0 Å². The maximum atomic E-state index is 12.8. The van der Waals surface area contributed by atoms with Crippen LogP contribution in [-0.2, 0) is 20.9 Å². The zero-order chi connectivity index (χ0) is 20.6. The normalized spacial score (nSPS) is 14.9. The Labute approximate surface area is 174 Å². The van der Waals surface area contributed by atoms with E-state index in [9.17, 15) is 9.59 Å². The number of nitrogens with one attached hydrogen (secondary N) is 1. The van der Waals surface area contributed by atoms with E-state index in [1.165, 1.54) is 12.1 Å². The van der Waals surface area contributed by atoms with Crippen molar-refractivity contribution in [1.29, 1.82) is 0 Å². The van der Waals surface area contributed by atoms with E-state index in [0.717, 1.165) is 17.2 Å². The first-order chi connectivity index (χ1) is 14.1. The van der Waals surface area contributed by atoms with E-state index in [4.69, 9.17) is 12.2 Å². The molecule has 0 amide bonds. The van der Waals surface area contributed by atoms with Crippen LogP contribution in [0.2, 0.25) is 0 Å². The molecule has 0 spiro atoms. The lowest BCUT2D eigenvalue weighted by Crippen LogP contribution is -2.35. The first kappa shape index (κ1) is 20.2. The molecule has 6 nitrogen and oxygen atoms in total. The van der Waals surface area contributed by atoms with Gasteiger partial charge in [-0.15, -0.1) is 0 Å². The molecule has 0 saturated heterocycles. The fraction of sp³-hybridized carbons (Fsp3) is 0.0909. The Hall–Kier alpha value is -3.58. The van der Waals surface area contributed by atoms with Crippen LogP contribution in [0.15, 0.2) is 83.6 Å². The van der Waals surface area contributed by atoms with Gasteiger partial charge in [0.1, 0.15) is 11.4 Å². The molecule has 0 radical (unpaired) electrons. The summed E-state index contributed by atoms with van der Waals surface area (Å²) >= 11 is 5.40. The molecule has 1 heterocycles. The van der Waals surface area contributed by atoms with E-state index in [2.05, 4.69) is 15.2 Å². The van der Waals surface area contributed by atoms with Gasteiger partial charge >= 0.3 is 5.97 Å². The summed E-state index contributed by atoms with van der Waals surface area (Å²) in [5.74, 6) is -1.07. The third-order valence-electron chi connectivity index (χ3n) is 4.07. The molecule has 29 heavy (non-hydrogen) atoms. The van der Waals surface area contributed by atoms with E-state index in [1.807, 2.05) is 60.7 Å². The summed E-state index contributed by atoms with van der Waals surface area (Å²) < 4.78 is 4.66. The van der Waals surface area contributed by atoms with Crippen LogP contribution in [-0.4, -0.2) is 34.7 Å². The summed E-state index contributed by atoms with van der Waals surface area (Å²) in [6.45, 7) is 0.459. The van der Waals surface area contributed by atoms with Gasteiger partial charge in [0.25, 0.3) is 0 Å². The molecule has 0 unspecified atom stereocenters. The largest absolute Gasteiger partial charge is 0.466 e. The Bertz CT molecular complexity index is 998. The van der Waals surface area contributed by atoms with Crippen molar-refractivity contribution in [3.63, 3.8) is 0 Å². The second kappa shape index (κ2) is 9.57. The summed E-state index contributed by atoms with van der Waals surface area (Å²) in [4.78, 5) is 24.5. The monoisotopic (exact) mass is 405 g/mol. The number of hydrogen-bond acceptors (Lipinski definition) is 5. The first-order valence-corrected chi connectivity index (χ1v) is 9.27. The summed E-state index contributed by atoms with van der Waals surface area (Å²) in [7, 11) is 1.24. The number of carbonyl (C=O) groups is 2. The number of ketones is 1. The highest BCUT2D eigenvalue weighted by Crippen LogP contribution is 2.18. The average molecular weight is 405 g/mol. The van der Waals surface area contributed by atoms with Crippen molar-refractivity contribution in [1.82, 2.24) is 10.3 Å². The number of methoxy groups -OCH3 is 1. The van der Waals surface area contributed by atoms with E-state index >= 15 is 0 Å². The van der Waals surface area contributed by atoms with Gasteiger partial charge in [0.15, 0.2) is 5.11 Å². The third kappa shape index (κ3) is 5.24. The van der Waals surface area contributed by atoms with Crippen LogP contribution in [0.1, 0.15) is 11.1 Å². The SMILES string of the molecule is COC(=O)/C=C1\C(=O)C(/C=C/c2ccccc2)=NN1C(=S)NCc1ccccc1. The summed E-state index contributed by atoms with van der Waals surface area (Å²) in [5.41, 5.74) is 2.15. The minimum atomic E-state index is -0.660. The topological polar surface area (TPSA) is 71.0 Å². The average Bonchev–Trinajstić information content (AvgIpc) is 3.07. The molecule has 2 aromatic rings. The molecular weight excluding hydrogens is 386 g/mol. The number of hydrazone groups is 1. The Morgan fingerprint density at radius 2 is 1.76 bits per heavy atom. The number of ether oxygens (including phenoxy) is 1. The van der Waals surface area contributed by atoms with Gasteiger partial charge in [-0.1, -0.05) is 66.7 Å². The molecular formula is C22H19N3O3S. The van der Waals surface area contributed by atoms with Gasteiger partial charge in [0, 0.05) is 6.54 Å². The number of Topliss-reactive ketones (excluding diaryl/α,β-unsaturated/α-hetero) is 1. The van der Waals surface area contributed by atoms with E-state index in [1.54, 1.807) is 12.2 Å². The lowest BCUT2D eigenvalue weighted by atomic mass is 10.1. The molecule has 3 rings (SSSR count). The molecule has 2 aromatic carbocycles.